The lowest BCUT2D eigenvalue weighted by Crippen LogP contribution is -2.16. The standard InChI is InChI=1S/C11H12N4O2/c12-9-2-1-7(6-15-9)5-8(11(16)17)10-13-3-4-14-10/h1-4,6,8H,5H2,(H2,12,15)(H,13,14)(H,16,17). The zero-order valence-electron chi connectivity index (χ0n) is 9.00. The highest BCUT2D eigenvalue weighted by Crippen LogP contribution is 2.18. The molecular weight excluding hydrogens is 220 g/mol. The van der Waals surface area contributed by atoms with E-state index in [2.05, 4.69) is 15.0 Å². The van der Waals surface area contributed by atoms with E-state index in [1.165, 1.54) is 6.20 Å². The van der Waals surface area contributed by atoms with Gasteiger partial charge in [0.25, 0.3) is 0 Å². The van der Waals surface area contributed by atoms with Crippen LogP contribution in [0.1, 0.15) is 17.3 Å². The summed E-state index contributed by atoms with van der Waals surface area (Å²) in [5.41, 5.74) is 6.27. The second kappa shape index (κ2) is 4.65. The topological polar surface area (TPSA) is 105 Å². The van der Waals surface area contributed by atoms with Crippen LogP contribution in [0.25, 0.3) is 0 Å². The summed E-state index contributed by atoms with van der Waals surface area (Å²) in [6, 6.07) is 3.41. The van der Waals surface area contributed by atoms with Crippen molar-refractivity contribution in [1.82, 2.24) is 15.0 Å². The highest BCUT2D eigenvalue weighted by molar-refractivity contribution is 5.75. The molecule has 1 atom stereocenters. The molecule has 2 heterocycles. The van der Waals surface area contributed by atoms with Crippen LogP contribution in [0.5, 0.6) is 0 Å². The molecule has 1 unspecified atom stereocenters. The number of nitrogen functional groups attached to an aromatic ring is 1. The maximum absolute atomic E-state index is 11.2. The predicted octanol–water partition coefficient (Wildman–Crippen LogP) is 0.798. The quantitative estimate of drug-likeness (QED) is 0.723. The molecule has 0 spiro atoms. The van der Waals surface area contributed by atoms with Crippen molar-refractivity contribution in [2.75, 3.05) is 5.73 Å². The van der Waals surface area contributed by atoms with Crippen molar-refractivity contribution in [3.63, 3.8) is 0 Å². The number of carbonyl (C=O) groups is 1. The predicted molar refractivity (Wildman–Crippen MR) is 61.3 cm³/mol. The lowest BCUT2D eigenvalue weighted by molar-refractivity contribution is -0.138. The maximum Gasteiger partial charge on any atom is 0.314 e. The van der Waals surface area contributed by atoms with Gasteiger partial charge in [-0.05, 0) is 18.1 Å². The molecule has 0 fully saturated rings. The van der Waals surface area contributed by atoms with Gasteiger partial charge in [-0.3, -0.25) is 4.79 Å². The molecule has 0 radical (unpaired) electrons. The summed E-state index contributed by atoms with van der Waals surface area (Å²) in [5, 5.41) is 9.16. The number of H-pyrrole nitrogens is 1. The largest absolute Gasteiger partial charge is 0.481 e. The Balaban J connectivity index is 2.19. The summed E-state index contributed by atoms with van der Waals surface area (Å²) >= 11 is 0. The lowest BCUT2D eigenvalue weighted by Gasteiger charge is -2.09. The molecule has 6 heteroatoms. The molecule has 17 heavy (non-hydrogen) atoms. The second-order valence-corrected chi connectivity index (χ2v) is 3.66. The first-order valence-corrected chi connectivity index (χ1v) is 5.09. The Morgan fingerprint density at radius 2 is 2.29 bits per heavy atom. The van der Waals surface area contributed by atoms with Crippen molar-refractivity contribution in [1.29, 1.82) is 0 Å². The fourth-order valence-electron chi connectivity index (χ4n) is 1.56. The summed E-state index contributed by atoms with van der Waals surface area (Å²) in [5.74, 6) is -0.764. The minimum Gasteiger partial charge on any atom is -0.481 e. The Labute approximate surface area is 97.5 Å². The van der Waals surface area contributed by atoms with Crippen LogP contribution in [0.3, 0.4) is 0 Å². The number of rotatable bonds is 4. The third-order valence-corrected chi connectivity index (χ3v) is 2.43. The molecule has 0 aliphatic rings. The number of pyridine rings is 1. The number of carboxylic acid groups (broad SMARTS) is 1. The third kappa shape index (κ3) is 2.60. The number of hydrogen-bond donors (Lipinski definition) is 3. The van der Waals surface area contributed by atoms with E-state index in [4.69, 9.17) is 10.8 Å². The summed E-state index contributed by atoms with van der Waals surface area (Å²) in [4.78, 5) is 21.9. The Morgan fingerprint density at radius 1 is 1.47 bits per heavy atom. The van der Waals surface area contributed by atoms with Crippen LogP contribution < -0.4 is 5.73 Å². The zero-order valence-corrected chi connectivity index (χ0v) is 9.00. The average molecular weight is 232 g/mol. The number of nitrogens with zero attached hydrogens (tertiary/aromatic N) is 2. The number of hydrogen-bond acceptors (Lipinski definition) is 4. The van der Waals surface area contributed by atoms with Crippen LogP contribution >= 0.6 is 0 Å². The number of imidazole rings is 1. The van der Waals surface area contributed by atoms with Crippen molar-refractivity contribution >= 4 is 11.8 Å². The second-order valence-electron chi connectivity index (χ2n) is 3.66. The van der Waals surface area contributed by atoms with Crippen LogP contribution in [0.15, 0.2) is 30.7 Å². The Morgan fingerprint density at radius 3 is 2.82 bits per heavy atom. The number of carboxylic acids is 1. The van der Waals surface area contributed by atoms with Gasteiger partial charge in [0.15, 0.2) is 0 Å². The van der Waals surface area contributed by atoms with Crippen LogP contribution in [0.4, 0.5) is 5.82 Å². The number of aromatic nitrogens is 3. The summed E-state index contributed by atoms with van der Waals surface area (Å²) in [7, 11) is 0. The molecule has 0 saturated heterocycles. The monoisotopic (exact) mass is 232 g/mol. The van der Waals surface area contributed by atoms with Gasteiger partial charge in [-0.1, -0.05) is 6.07 Å². The van der Waals surface area contributed by atoms with Gasteiger partial charge >= 0.3 is 5.97 Å². The molecule has 2 rings (SSSR count). The van der Waals surface area contributed by atoms with E-state index < -0.39 is 11.9 Å². The van der Waals surface area contributed by atoms with E-state index in [9.17, 15) is 4.79 Å². The molecule has 0 aromatic carbocycles. The number of aliphatic carboxylic acids is 1. The van der Waals surface area contributed by atoms with E-state index in [-0.39, 0.29) is 0 Å². The van der Waals surface area contributed by atoms with Gasteiger partial charge < -0.3 is 15.8 Å². The van der Waals surface area contributed by atoms with E-state index in [1.807, 2.05) is 0 Å². The van der Waals surface area contributed by atoms with Crippen molar-refractivity contribution < 1.29 is 9.90 Å². The van der Waals surface area contributed by atoms with Crippen LogP contribution in [-0.2, 0) is 11.2 Å². The first-order chi connectivity index (χ1) is 8.16. The van der Waals surface area contributed by atoms with Crippen molar-refractivity contribution in [2.45, 2.75) is 12.3 Å². The molecule has 0 bridgehead atoms. The summed E-state index contributed by atoms with van der Waals surface area (Å²) in [6.07, 6.45) is 5.04. The Kier molecular flexibility index (Phi) is 3.04. The molecule has 0 amide bonds. The highest BCUT2D eigenvalue weighted by atomic mass is 16.4. The van der Waals surface area contributed by atoms with Gasteiger partial charge in [0.2, 0.25) is 0 Å². The number of anilines is 1. The lowest BCUT2D eigenvalue weighted by atomic mass is 10.00. The first-order valence-electron chi connectivity index (χ1n) is 5.09. The molecule has 2 aromatic rings. The Bertz CT molecular complexity index is 493. The van der Waals surface area contributed by atoms with Gasteiger partial charge in [0, 0.05) is 18.6 Å². The Hall–Kier alpha value is -2.37. The molecule has 0 aliphatic carbocycles. The zero-order chi connectivity index (χ0) is 12.3. The molecular formula is C11H12N4O2. The van der Waals surface area contributed by atoms with E-state index in [0.717, 1.165) is 5.56 Å². The smallest absolute Gasteiger partial charge is 0.314 e. The fourth-order valence-corrected chi connectivity index (χ4v) is 1.56. The van der Waals surface area contributed by atoms with Gasteiger partial charge in [0.1, 0.15) is 17.6 Å². The molecule has 0 aliphatic heterocycles. The normalized spacial score (nSPS) is 12.2. The summed E-state index contributed by atoms with van der Waals surface area (Å²) < 4.78 is 0. The van der Waals surface area contributed by atoms with Crippen LogP contribution in [0.2, 0.25) is 0 Å². The molecule has 88 valence electrons. The van der Waals surface area contributed by atoms with E-state index in [0.29, 0.717) is 18.1 Å². The molecule has 6 nitrogen and oxygen atoms in total. The van der Waals surface area contributed by atoms with Gasteiger partial charge in [-0.15, -0.1) is 0 Å². The van der Waals surface area contributed by atoms with Crippen molar-refractivity contribution in [2.24, 2.45) is 0 Å². The van der Waals surface area contributed by atoms with Crippen molar-refractivity contribution in [3.05, 3.63) is 42.1 Å². The SMILES string of the molecule is Nc1ccc(CC(C(=O)O)c2ncc[nH]2)cn1. The van der Waals surface area contributed by atoms with E-state index in [1.54, 1.807) is 24.5 Å². The minimum absolute atomic E-state index is 0.329. The van der Waals surface area contributed by atoms with Crippen LogP contribution in [-0.4, -0.2) is 26.0 Å². The van der Waals surface area contributed by atoms with Gasteiger partial charge in [-0.2, -0.15) is 0 Å². The fraction of sp³-hybridized carbons (Fsp3) is 0.182. The molecule has 0 saturated carbocycles. The van der Waals surface area contributed by atoms with Gasteiger partial charge in [0.05, 0.1) is 0 Å². The van der Waals surface area contributed by atoms with E-state index >= 15 is 0 Å². The minimum atomic E-state index is -0.920. The number of aromatic amines is 1. The summed E-state index contributed by atoms with van der Waals surface area (Å²) in [6.45, 7) is 0. The van der Waals surface area contributed by atoms with Crippen LogP contribution in [0, 0.1) is 0 Å². The number of nitrogens with one attached hydrogen (secondary N) is 1. The average Bonchev–Trinajstić information content (AvgIpc) is 2.81. The van der Waals surface area contributed by atoms with Crippen molar-refractivity contribution in [3.8, 4) is 0 Å². The van der Waals surface area contributed by atoms with Gasteiger partial charge in [-0.25, -0.2) is 9.97 Å². The highest BCUT2D eigenvalue weighted by Gasteiger charge is 2.22. The molecule has 2 aromatic heterocycles. The molecule has 4 N–H and O–H groups in total. The third-order valence-electron chi connectivity index (χ3n) is 2.43. The first kappa shape index (κ1) is 11.1. The number of nitrogens with two attached hydrogens (primary N) is 1. The maximum atomic E-state index is 11.2.